The van der Waals surface area contributed by atoms with Crippen molar-refractivity contribution in [3.8, 4) is 0 Å². The molecule has 0 amide bonds. The SMILES string of the molecule is CCSCC(C)N[C@H]1CCCC[C@@H]1O. The first-order valence-electron chi connectivity index (χ1n) is 5.76. The first kappa shape index (κ1) is 12.3. The summed E-state index contributed by atoms with van der Waals surface area (Å²) in [5.74, 6) is 2.33. The Kier molecular flexibility index (Phi) is 5.90. The van der Waals surface area contributed by atoms with Crippen LogP contribution in [0.1, 0.15) is 39.5 Å². The smallest absolute Gasteiger partial charge is 0.0693 e. The summed E-state index contributed by atoms with van der Waals surface area (Å²) in [5.41, 5.74) is 0. The molecule has 3 heteroatoms. The number of aliphatic hydroxyl groups excluding tert-OH is 1. The van der Waals surface area contributed by atoms with Crippen molar-refractivity contribution >= 4 is 11.8 Å². The lowest BCUT2D eigenvalue weighted by Crippen LogP contribution is -2.46. The van der Waals surface area contributed by atoms with Crippen LogP contribution in [0.4, 0.5) is 0 Å². The third kappa shape index (κ3) is 4.20. The van der Waals surface area contributed by atoms with E-state index in [0.29, 0.717) is 12.1 Å². The first-order chi connectivity index (χ1) is 6.74. The van der Waals surface area contributed by atoms with E-state index in [2.05, 4.69) is 19.2 Å². The van der Waals surface area contributed by atoms with E-state index < -0.39 is 0 Å². The molecule has 0 bridgehead atoms. The number of hydrogen-bond acceptors (Lipinski definition) is 3. The molecule has 1 aliphatic carbocycles. The molecule has 0 aromatic rings. The summed E-state index contributed by atoms with van der Waals surface area (Å²) in [6.07, 6.45) is 4.46. The maximum absolute atomic E-state index is 9.77. The average molecular weight is 217 g/mol. The minimum Gasteiger partial charge on any atom is -0.392 e. The Morgan fingerprint density at radius 2 is 2.14 bits per heavy atom. The van der Waals surface area contributed by atoms with Gasteiger partial charge in [-0.2, -0.15) is 11.8 Å². The molecule has 2 nitrogen and oxygen atoms in total. The molecule has 14 heavy (non-hydrogen) atoms. The molecular weight excluding hydrogens is 194 g/mol. The second-order valence-corrected chi connectivity index (χ2v) is 5.50. The molecule has 0 heterocycles. The molecule has 0 aromatic heterocycles. The number of rotatable bonds is 5. The van der Waals surface area contributed by atoms with Gasteiger partial charge in [0, 0.05) is 17.8 Å². The van der Waals surface area contributed by atoms with Crippen molar-refractivity contribution in [1.82, 2.24) is 5.32 Å². The van der Waals surface area contributed by atoms with E-state index in [-0.39, 0.29) is 6.10 Å². The van der Waals surface area contributed by atoms with Crippen molar-refractivity contribution < 1.29 is 5.11 Å². The highest BCUT2D eigenvalue weighted by atomic mass is 32.2. The second kappa shape index (κ2) is 6.70. The largest absolute Gasteiger partial charge is 0.392 e. The van der Waals surface area contributed by atoms with Crippen molar-refractivity contribution in [2.24, 2.45) is 0 Å². The van der Waals surface area contributed by atoms with Crippen molar-refractivity contribution in [2.45, 2.75) is 57.7 Å². The van der Waals surface area contributed by atoms with Gasteiger partial charge in [-0.1, -0.05) is 19.8 Å². The lowest BCUT2D eigenvalue weighted by molar-refractivity contribution is 0.0873. The normalized spacial score (nSPS) is 30.2. The van der Waals surface area contributed by atoms with E-state index >= 15 is 0 Å². The maximum Gasteiger partial charge on any atom is 0.0693 e. The van der Waals surface area contributed by atoms with Gasteiger partial charge in [0.15, 0.2) is 0 Å². The van der Waals surface area contributed by atoms with Crippen LogP contribution in [0.3, 0.4) is 0 Å². The molecule has 1 saturated carbocycles. The number of thioether (sulfide) groups is 1. The molecule has 0 spiro atoms. The third-order valence-electron chi connectivity index (χ3n) is 2.80. The number of aliphatic hydroxyl groups is 1. The van der Waals surface area contributed by atoms with Gasteiger partial charge in [-0.15, -0.1) is 0 Å². The van der Waals surface area contributed by atoms with E-state index in [1.807, 2.05) is 11.8 Å². The highest BCUT2D eigenvalue weighted by molar-refractivity contribution is 7.99. The molecule has 1 fully saturated rings. The van der Waals surface area contributed by atoms with Crippen LogP contribution < -0.4 is 5.32 Å². The van der Waals surface area contributed by atoms with Crippen molar-refractivity contribution in [2.75, 3.05) is 11.5 Å². The highest BCUT2D eigenvalue weighted by Gasteiger charge is 2.23. The molecule has 1 unspecified atom stereocenters. The van der Waals surface area contributed by atoms with E-state index in [0.717, 1.165) is 18.6 Å². The fourth-order valence-electron chi connectivity index (χ4n) is 2.01. The molecule has 0 aliphatic heterocycles. The first-order valence-corrected chi connectivity index (χ1v) is 6.91. The van der Waals surface area contributed by atoms with Crippen LogP contribution in [0.5, 0.6) is 0 Å². The van der Waals surface area contributed by atoms with Gasteiger partial charge in [-0.3, -0.25) is 0 Å². The Balaban J connectivity index is 2.20. The van der Waals surface area contributed by atoms with E-state index in [9.17, 15) is 5.11 Å². The maximum atomic E-state index is 9.77. The summed E-state index contributed by atoms with van der Waals surface area (Å²) in [6.45, 7) is 4.40. The zero-order valence-electron chi connectivity index (χ0n) is 9.33. The van der Waals surface area contributed by atoms with Gasteiger partial charge < -0.3 is 10.4 Å². The van der Waals surface area contributed by atoms with Gasteiger partial charge >= 0.3 is 0 Å². The van der Waals surface area contributed by atoms with Crippen LogP contribution in [0, 0.1) is 0 Å². The molecule has 84 valence electrons. The monoisotopic (exact) mass is 217 g/mol. The Bertz CT molecular complexity index is 154. The van der Waals surface area contributed by atoms with Gasteiger partial charge in [0.1, 0.15) is 0 Å². The number of hydrogen-bond donors (Lipinski definition) is 2. The van der Waals surface area contributed by atoms with Crippen molar-refractivity contribution in [3.63, 3.8) is 0 Å². The molecule has 1 rings (SSSR count). The topological polar surface area (TPSA) is 32.3 Å². The van der Waals surface area contributed by atoms with Gasteiger partial charge in [0.25, 0.3) is 0 Å². The minimum absolute atomic E-state index is 0.113. The fourth-order valence-corrected chi connectivity index (χ4v) is 2.70. The van der Waals surface area contributed by atoms with Crippen LogP contribution in [0.2, 0.25) is 0 Å². The molecule has 3 atom stereocenters. The molecule has 0 radical (unpaired) electrons. The predicted molar refractivity (Wildman–Crippen MR) is 63.9 cm³/mol. The summed E-state index contributed by atoms with van der Waals surface area (Å²) >= 11 is 1.96. The minimum atomic E-state index is -0.113. The Hall–Kier alpha value is 0.270. The van der Waals surface area contributed by atoms with Gasteiger partial charge in [0.05, 0.1) is 6.10 Å². The molecule has 0 saturated heterocycles. The predicted octanol–water partition coefficient (Wildman–Crippen LogP) is 2.02. The summed E-state index contributed by atoms with van der Waals surface area (Å²) < 4.78 is 0. The van der Waals surface area contributed by atoms with Crippen molar-refractivity contribution in [1.29, 1.82) is 0 Å². The van der Waals surface area contributed by atoms with E-state index in [1.54, 1.807) is 0 Å². The summed E-state index contributed by atoms with van der Waals surface area (Å²) in [6, 6.07) is 0.869. The zero-order chi connectivity index (χ0) is 10.4. The van der Waals surface area contributed by atoms with Gasteiger partial charge in [-0.05, 0) is 25.5 Å². The Morgan fingerprint density at radius 1 is 1.43 bits per heavy atom. The average Bonchev–Trinajstić information content (AvgIpc) is 2.18. The quantitative estimate of drug-likeness (QED) is 0.739. The van der Waals surface area contributed by atoms with Crippen LogP contribution in [0.25, 0.3) is 0 Å². The Labute approximate surface area is 91.9 Å². The number of nitrogens with one attached hydrogen (secondary N) is 1. The fraction of sp³-hybridized carbons (Fsp3) is 1.00. The van der Waals surface area contributed by atoms with Crippen LogP contribution in [-0.2, 0) is 0 Å². The summed E-state index contributed by atoms with van der Waals surface area (Å²) in [7, 11) is 0. The van der Waals surface area contributed by atoms with Crippen LogP contribution in [-0.4, -0.2) is 34.8 Å². The van der Waals surface area contributed by atoms with E-state index in [4.69, 9.17) is 0 Å². The van der Waals surface area contributed by atoms with Crippen LogP contribution >= 0.6 is 11.8 Å². The highest BCUT2D eigenvalue weighted by Crippen LogP contribution is 2.19. The summed E-state index contributed by atoms with van der Waals surface area (Å²) in [5, 5.41) is 13.3. The second-order valence-electron chi connectivity index (χ2n) is 4.19. The third-order valence-corrected chi connectivity index (χ3v) is 3.94. The van der Waals surface area contributed by atoms with Crippen molar-refractivity contribution in [3.05, 3.63) is 0 Å². The molecule has 0 aromatic carbocycles. The molecular formula is C11H23NOS. The lowest BCUT2D eigenvalue weighted by Gasteiger charge is -2.31. The molecule has 2 N–H and O–H groups in total. The van der Waals surface area contributed by atoms with E-state index in [1.165, 1.54) is 18.6 Å². The lowest BCUT2D eigenvalue weighted by atomic mass is 9.92. The zero-order valence-corrected chi connectivity index (χ0v) is 10.1. The molecule has 1 aliphatic rings. The standard InChI is InChI=1S/C11H23NOS/c1-3-14-8-9(2)12-10-6-4-5-7-11(10)13/h9-13H,3-8H2,1-2H3/t9?,10-,11-/m0/s1. The van der Waals surface area contributed by atoms with Gasteiger partial charge in [0.2, 0.25) is 0 Å². The Morgan fingerprint density at radius 3 is 2.79 bits per heavy atom. The van der Waals surface area contributed by atoms with Gasteiger partial charge in [-0.25, -0.2) is 0 Å². The van der Waals surface area contributed by atoms with Crippen LogP contribution in [0.15, 0.2) is 0 Å². The summed E-state index contributed by atoms with van der Waals surface area (Å²) in [4.78, 5) is 0.